The lowest BCUT2D eigenvalue weighted by atomic mass is 10.1. The number of nitrogens with zero attached hydrogens (tertiary/aromatic N) is 2. The Bertz CT molecular complexity index is 965. The summed E-state index contributed by atoms with van der Waals surface area (Å²) >= 11 is 0. The largest absolute Gasteiger partial charge is 0.486 e. The third kappa shape index (κ3) is 3.79. The number of aryl methyl sites for hydroxylation is 3. The molecule has 6 nitrogen and oxygen atoms in total. The molecule has 0 spiro atoms. The average Bonchev–Trinajstić information content (AvgIpc) is 2.65. The van der Waals surface area contributed by atoms with Crippen molar-refractivity contribution >= 4 is 23.1 Å². The average molecular weight is 362 g/mol. The van der Waals surface area contributed by atoms with Crippen molar-refractivity contribution < 1.29 is 9.47 Å². The Morgan fingerprint density at radius 2 is 1.59 bits per heavy atom. The molecule has 0 unspecified atom stereocenters. The van der Waals surface area contributed by atoms with Crippen molar-refractivity contribution in [3.05, 3.63) is 59.3 Å². The van der Waals surface area contributed by atoms with Gasteiger partial charge < -0.3 is 20.1 Å². The van der Waals surface area contributed by atoms with Crippen LogP contribution < -0.4 is 20.1 Å². The first-order chi connectivity index (χ1) is 13.1. The molecule has 0 radical (unpaired) electrons. The van der Waals surface area contributed by atoms with Crippen molar-refractivity contribution in [2.24, 2.45) is 0 Å². The monoisotopic (exact) mass is 362 g/mol. The summed E-state index contributed by atoms with van der Waals surface area (Å²) < 4.78 is 11.2. The van der Waals surface area contributed by atoms with Crippen LogP contribution in [0.1, 0.15) is 16.7 Å². The lowest BCUT2D eigenvalue weighted by Gasteiger charge is -2.19. The van der Waals surface area contributed by atoms with Gasteiger partial charge in [0.2, 0.25) is 5.95 Å². The molecular formula is C21H22N4O2. The minimum Gasteiger partial charge on any atom is -0.486 e. The second kappa shape index (κ2) is 7.15. The van der Waals surface area contributed by atoms with Gasteiger partial charge in [0.15, 0.2) is 11.5 Å². The summed E-state index contributed by atoms with van der Waals surface area (Å²) in [5, 5.41) is 6.63. The first-order valence-corrected chi connectivity index (χ1v) is 8.93. The number of rotatable bonds is 4. The summed E-state index contributed by atoms with van der Waals surface area (Å²) in [6.07, 6.45) is 1.73. The molecule has 27 heavy (non-hydrogen) atoms. The van der Waals surface area contributed by atoms with Gasteiger partial charge in [-0.1, -0.05) is 17.7 Å². The second-order valence-corrected chi connectivity index (χ2v) is 6.65. The molecule has 1 aliphatic rings. The first kappa shape index (κ1) is 17.1. The lowest BCUT2D eigenvalue weighted by molar-refractivity contribution is 0.171. The van der Waals surface area contributed by atoms with E-state index < -0.39 is 0 Å². The fourth-order valence-electron chi connectivity index (χ4n) is 3.24. The molecule has 0 atom stereocenters. The first-order valence-electron chi connectivity index (χ1n) is 8.93. The van der Waals surface area contributed by atoms with Gasteiger partial charge in [0.25, 0.3) is 0 Å². The Labute approximate surface area is 158 Å². The van der Waals surface area contributed by atoms with Gasteiger partial charge in [-0.25, -0.2) is 4.98 Å². The van der Waals surface area contributed by atoms with Crippen molar-refractivity contribution in [1.29, 1.82) is 0 Å². The number of hydrogen-bond acceptors (Lipinski definition) is 6. The summed E-state index contributed by atoms with van der Waals surface area (Å²) in [5.41, 5.74) is 5.54. The zero-order valence-corrected chi connectivity index (χ0v) is 15.7. The van der Waals surface area contributed by atoms with Gasteiger partial charge in [0.1, 0.15) is 19.0 Å². The molecule has 2 N–H and O–H groups in total. The fourth-order valence-corrected chi connectivity index (χ4v) is 3.24. The van der Waals surface area contributed by atoms with Gasteiger partial charge in [-0.05, 0) is 50.1 Å². The Morgan fingerprint density at radius 1 is 0.852 bits per heavy atom. The van der Waals surface area contributed by atoms with Gasteiger partial charge in [-0.15, -0.1) is 0 Å². The number of nitrogens with one attached hydrogen (secondary N) is 2. The highest BCUT2D eigenvalue weighted by molar-refractivity contribution is 5.66. The van der Waals surface area contributed by atoms with Gasteiger partial charge >= 0.3 is 0 Å². The van der Waals surface area contributed by atoms with E-state index in [0.717, 1.165) is 28.7 Å². The Balaban J connectivity index is 1.55. The summed E-state index contributed by atoms with van der Waals surface area (Å²) in [6, 6.07) is 11.9. The maximum atomic E-state index is 5.62. The van der Waals surface area contributed by atoms with Gasteiger partial charge in [-0.3, -0.25) is 0 Å². The third-order valence-electron chi connectivity index (χ3n) is 4.38. The highest BCUT2D eigenvalue weighted by Crippen LogP contribution is 2.33. The van der Waals surface area contributed by atoms with Crippen LogP contribution in [0, 0.1) is 20.8 Å². The molecule has 0 fully saturated rings. The molecule has 0 saturated heterocycles. The Hall–Kier alpha value is -3.28. The smallest absolute Gasteiger partial charge is 0.229 e. The molecule has 6 heteroatoms. The van der Waals surface area contributed by atoms with Crippen molar-refractivity contribution in [2.45, 2.75) is 20.8 Å². The van der Waals surface area contributed by atoms with Crippen LogP contribution in [-0.2, 0) is 0 Å². The Morgan fingerprint density at radius 3 is 2.37 bits per heavy atom. The molecule has 1 aliphatic heterocycles. The summed E-state index contributed by atoms with van der Waals surface area (Å²) in [6.45, 7) is 7.43. The fraction of sp³-hybridized carbons (Fsp3) is 0.238. The quantitative estimate of drug-likeness (QED) is 0.703. The molecule has 3 aromatic rings. The van der Waals surface area contributed by atoms with Crippen molar-refractivity contribution in [2.75, 3.05) is 23.8 Å². The van der Waals surface area contributed by atoms with E-state index >= 15 is 0 Å². The van der Waals surface area contributed by atoms with Crippen LogP contribution >= 0.6 is 0 Å². The molecule has 0 bridgehead atoms. The van der Waals surface area contributed by atoms with E-state index in [1.807, 2.05) is 24.3 Å². The molecule has 0 amide bonds. The predicted octanol–water partition coefficient (Wildman–Crippen LogP) is 4.66. The number of benzene rings is 2. The molecule has 1 aromatic heterocycles. The van der Waals surface area contributed by atoms with Crippen LogP contribution in [0.15, 0.2) is 42.6 Å². The standard InChI is InChI=1S/C21H22N4O2/c1-13-10-14(2)20(15(3)11-13)24-19-6-7-22-21(25-19)23-16-4-5-17-18(12-16)27-9-8-26-17/h4-7,10-12H,8-9H2,1-3H3,(H2,22,23,24,25). The summed E-state index contributed by atoms with van der Waals surface area (Å²) in [7, 11) is 0. The molecule has 2 heterocycles. The van der Waals surface area contributed by atoms with Crippen molar-refractivity contribution in [1.82, 2.24) is 9.97 Å². The van der Waals surface area contributed by atoms with E-state index in [4.69, 9.17) is 9.47 Å². The predicted molar refractivity (Wildman–Crippen MR) is 107 cm³/mol. The van der Waals surface area contributed by atoms with Crippen LogP contribution in [0.2, 0.25) is 0 Å². The Kier molecular flexibility index (Phi) is 4.54. The van der Waals surface area contributed by atoms with E-state index in [-0.39, 0.29) is 0 Å². The van der Waals surface area contributed by atoms with Crippen LogP contribution in [0.25, 0.3) is 0 Å². The number of aromatic nitrogens is 2. The zero-order chi connectivity index (χ0) is 18.8. The zero-order valence-electron chi connectivity index (χ0n) is 15.7. The second-order valence-electron chi connectivity index (χ2n) is 6.65. The van der Waals surface area contributed by atoms with Crippen LogP contribution in [0.5, 0.6) is 11.5 Å². The number of fused-ring (bicyclic) bond motifs is 1. The van der Waals surface area contributed by atoms with E-state index in [1.165, 1.54) is 16.7 Å². The SMILES string of the molecule is Cc1cc(C)c(Nc2ccnc(Nc3ccc4c(c3)OCCO4)n2)c(C)c1. The van der Waals surface area contributed by atoms with Gasteiger partial charge in [0, 0.05) is 23.6 Å². The number of hydrogen-bond donors (Lipinski definition) is 2. The number of anilines is 4. The maximum Gasteiger partial charge on any atom is 0.229 e. The van der Waals surface area contributed by atoms with Crippen molar-refractivity contribution in [3.63, 3.8) is 0 Å². The normalized spacial score (nSPS) is 12.6. The molecule has 2 aromatic carbocycles. The minimum absolute atomic E-state index is 0.513. The van der Waals surface area contributed by atoms with Gasteiger partial charge in [0.05, 0.1) is 0 Å². The molecule has 0 aliphatic carbocycles. The van der Waals surface area contributed by atoms with E-state index in [9.17, 15) is 0 Å². The number of ether oxygens (including phenoxy) is 2. The van der Waals surface area contributed by atoms with E-state index in [2.05, 4.69) is 53.5 Å². The third-order valence-corrected chi connectivity index (χ3v) is 4.38. The van der Waals surface area contributed by atoms with E-state index in [1.54, 1.807) is 6.20 Å². The highest BCUT2D eigenvalue weighted by atomic mass is 16.6. The maximum absolute atomic E-state index is 5.62. The summed E-state index contributed by atoms with van der Waals surface area (Å²) in [5.74, 6) is 2.74. The van der Waals surface area contributed by atoms with Crippen LogP contribution in [0.4, 0.5) is 23.1 Å². The summed E-state index contributed by atoms with van der Waals surface area (Å²) in [4.78, 5) is 8.89. The van der Waals surface area contributed by atoms with Crippen molar-refractivity contribution in [3.8, 4) is 11.5 Å². The minimum atomic E-state index is 0.513. The molecule has 138 valence electrons. The lowest BCUT2D eigenvalue weighted by Crippen LogP contribution is -2.15. The van der Waals surface area contributed by atoms with Crippen LogP contribution in [0.3, 0.4) is 0 Å². The van der Waals surface area contributed by atoms with Gasteiger partial charge in [-0.2, -0.15) is 4.98 Å². The van der Waals surface area contributed by atoms with E-state index in [0.29, 0.717) is 19.2 Å². The molecule has 4 rings (SSSR count). The highest BCUT2D eigenvalue weighted by Gasteiger charge is 2.12. The molecule has 0 saturated carbocycles. The molecular weight excluding hydrogens is 340 g/mol. The topological polar surface area (TPSA) is 68.3 Å². The van der Waals surface area contributed by atoms with Crippen LogP contribution in [-0.4, -0.2) is 23.2 Å².